The van der Waals surface area contributed by atoms with Crippen molar-refractivity contribution in [2.45, 2.75) is 6.42 Å². The molecule has 0 bridgehead atoms. The van der Waals surface area contributed by atoms with Crippen molar-refractivity contribution in [2.75, 3.05) is 19.6 Å². The summed E-state index contributed by atoms with van der Waals surface area (Å²) in [6.07, 6.45) is 5.84. The number of carbonyl (C=O) groups excluding carboxylic acids is 1. The van der Waals surface area contributed by atoms with Crippen LogP contribution in [0.2, 0.25) is 0 Å². The molecular weight excluding hydrogens is 204 g/mol. The molecule has 1 saturated heterocycles. The van der Waals surface area contributed by atoms with Gasteiger partial charge in [-0.3, -0.25) is 4.79 Å². The molecule has 1 unspecified atom stereocenters. The fourth-order valence-electron chi connectivity index (χ4n) is 1.87. The van der Waals surface area contributed by atoms with Gasteiger partial charge in [-0.05, 0) is 37.1 Å². The van der Waals surface area contributed by atoms with Gasteiger partial charge in [-0.2, -0.15) is 0 Å². The lowest BCUT2D eigenvalue weighted by Crippen LogP contribution is -2.28. The van der Waals surface area contributed by atoms with Gasteiger partial charge in [0, 0.05) is 19.2 Å². The summed E-state index contributed by atoms with van der Waals surface area (Å²) in [5, 5.41) is 0. The van der Waals surface area contributed by atoms with Crippen LogP contribution in [0.3, 0.4) is 0 Å². The molecule has 0 saturated carbocycles. The van der Waals surface area contributed by atoms with E-state index in [0.29, 0.717) is 18.2 Å². The lowest BCUT2D eigenvalue weighted by molar-refractivity contribution is -0.125. The Morgan fingerprint density at radius 3 is 3.19 bits per heavy atom. The van der Waals surface area contributed by atoms with Gasteiger partial charge >= 0.3 is 0 Å². The van der Waals surface area contributed by atoms with E-state index in [-0.39, 0.29) is 5.91 Å². The number of furan rings is 1. The van der Waals surface area contributed by atoms with Crippen LogP contribution in [0.4, 0.5) is 0 Å². The first kappa shape index (κ1) is 11.0. The van der Waals surface area contributed by atoms with E-state index < -0.39 is 0 Å². The summed E-state index contributed by atoms with van der Waals surface area (Å²) in [5.41, 5.74) is 5.58. The molecule has 2 N–H and O–H groups in total. The van der Waals surface area contributed by atoms with Gasteiger partial charge in [-0.25, -0.2) is 0 Å². The minimum atomic E-state index is 0.0346. The number of nitrogens with zero attached hydrogens (tertiary/aromatic N) is 1. The van der Waals surface area contributed by atoms with Gasteiger partial charge < -0.3 is 15.1 Å². The number of likely N-dealkylation sites (tertiary alicyclic amines) is 1. The third-order valence-corrected chi connectivity index (χ3v) is 2.86. The molecule has 1 aliphatic rings. The lowest BCUT2D eigenvalue weighted by Gasteiger charge is -2.13. The Balaban J connectivity index is 1.89. The molecule has 4 heteroatoms. The van der Waals surface area contributed by atoms with E-state index in [4.69, 9.17) is 10.2 Å². The molecule has 0 aliphatic carbocycles. The molecule has 2 heterocycles. The summed E-state index contributed by atoms with van der Waals surface area (Å²) in [7, 11) is 0. The van der Waals surface area contributed by atoms with Crippen molar-refractivity contribution < 1.29 is 9.21 Å². The van der Waals surface area contributed by atoms with E-state index in [9.17, 15) is 4.79 Å². The molecule has 1 aromatic heterocycles. The molecule has 1 aromatic rings. The zero-order chi connectivity index (χ0) is 11.4. The Bertz CT molecular complexity index is 370. The zero-order valence-corrected chi connectivity index (χ0v) is 9.13. The van der Waals surface area contributed by atoms with E-state index >= 15 is 0 Å². The largest absolute Gasteiger partial charge is 0.465 e. The molecule has 1 amide bonds. The predicted octanol–water partition coefficient (Wildman–Crippen LogP) is 1.10. The van der Waals surface area contributed by atoms with Gasteiger partial charge in [-0.15, -0.1) is 0 Å². The van der Waals surface area contributed by atoms with Crippen LogP contribution >= 0.6 is 0 Å². The van der Waals surface area contributed by atoms with Crippen LogP contribution in [-0.4, -0.2) is 30.4 Å². The highest BCUT2D eigenvalue weighted by Gasteiger charge is 2.23. The SMILES string of the molecule is NCC1CCN(C(=O)C=Cc2ccco2)C1. The van der Waals surface area contributed by atoms with Crippen LogP contribution in [0, 0.1) is 5.92 Å². The molecule has 4 nitrogen and oxygen atoms in total. The molecule has 1 atom stereocenters. The highest BCUT2D eigenvalue weighted by molar-refractivity contribution is 5.91. The maximum absolute atomic E-state index is 11.8. The van der Waals surface area contributed by atoms with Gasteiger partial charge in [-0.1, -0.05) is 0 Å². The third-order valence-electron chi connectivity index (χ3n) is 2.86. The second kappa shape index (κ2) is 4.99. The van der Waals surface area contributed by atoms with E-state index in [1.165, 1.54) is 0 Å². The first-order valence-corrected chi connectivity index (χ1v) is 5.50. The summed E-state index contributed by atoms with van der Waals surface area (Å²) in [4.78, 5) is 13.6. The molecule has 1 fully saturated rings. The molecule has 16 heavy (non-hydrogen) atoms. The molecule has 1 aliphatic heterocycles. The van der Waals surface area contributed by atoms with Crippen molar-refractivity contribution >= 4 is 12.0 Å². The van der Waals surface area contributed by atoms with Crippen molar-refractivity contribution in [1.29, 1.82) is 0 Å². The molecule has 86 valence electrons. The van der Waals surface area contributed by atoms with E-state index in [0.717, 1.165) is 19.5 Å². The third kappa shape index (κ3) is 2.52. The van der Waals surface area contributed by atoms with E-state index in [1.54, 1.807) is 24.5 Å². The Morgan fingerprint density at radius 1 is 1.69 bits per heavy atom. The summed E-state index contributed by atoms with van der Waals surface area (Å²) in [6, 6.07) is 3.61. The highest BCUT2D eigenvalue weighted by Crippen LogP contribution is 2.15. The first-order chi connectivity index (χ1) is 7.79. The minimum Gasteiger partial charge on any atom is -0.465 e. The molecule has 0 aromatic carbocycles. The van der Waals surface area contributed by atoms with E-state index in [2.05, 4.69) is 0 Å². The number of carbonyl (C=O) groups is 1. The number of hydrogen-bond donors (Lipinski definition) is 1. The first-order valence-electron chi connectivity index (χ1n) is 5.50. The summed E-state index contributed by atoms with van der Waals surface area (Å²) in [6.45, 7) is 2.24. The van der Waals surface area contributed by atoms with Gasteiger partial charge in [0.15, 0.2) is 0 Å². The minimum absolute atomic E-state index is 0.0346. The van der Waals surface area contributed by atoms with Crippen LogP contribution in [-0.2, 0) is 4.79 Å². The average Bonchev–Trinajstić information content (AvgIpc) is 2.96. The number of rotatable bonds is 3. The summed E-state index contributed by atoms with van der Waals surface area (Å²) in [5.74, 6) is 1.19. The standard InChI is InChI=1S/C12H16N2O2/c13-8-10-5-6-14(9-10)12(15)4-3-11-2-1-7-16-11/h1-4,7,10H,5-6,8-9,13H2. The second-order valence-corrected chi connectivity index (χ2v) is 4.02. The Labute approximate surface area is 94.7 Å². The second-order valence-electron chi connectivity index (χ2n) is 4.02. The van der Waals surface area contributed by atoms with Gasteiger partial charge in [0.05, 0.1) is 6.26 Å². The maximum Gasteiger partial charge on any atom is 0.246 e. The van der Waals surface area contributed by atoms with Crippen molar-refractivity contribution in [3.05, 3.63) is 30.2 Å². The molecule has 0 radical (unpaired) electrons. The normalized spacial score (nSPS) is 20.8. The van der Waals surface area contributed by atoms with E-state index in [1.807, 2.05) is 11.0 Å². The van der Waals surface area contributed by atoms with Gasteiger partial charge in [0.25, 0.3) is 0 Å². The van der Waals surface area contributed by atoms with Crippen molar-refractivity contribution in [1.82, 2.24) is 4.90 Å². The average molecular weight is 220 g/mol. The van der Waals surface area contributed by atoms with Crippen molar-refractivity contribution in [3.63, 3.8) is 0 Å². The van der Waals surface area contributed by atoms with Crippen LogP contribution < -0.4 is 5.73 Å². The molecular formula is C12H16N2O2. The van der Waals surface area contributed by atoms with Crippen molar-refractivity contribution in [3.8, 4) is 0 Å². The Morgan fingerprint density at radius 2 is 2.56 bits per heavy atom. The summed E-state index contributed by atoms with van der Waals surface area (Å²) < 4.78 is 5.11. The molecule has 2 rings (SSSR count). The monoisotopic (exact) mass is 220 g/mol. The number of nitrogens with two attached hydrogens (primary N) is 1. The zero-order valence-electron chi connectivity index (χ0n) is 9.13. The molecule has 0 spiro atoms. The quantitative estimate of drug-likeness (QED) is 0.776. The van der Waals surface area contributed by atoms with Gasteiger partial charge in [0.1, 0.15) is 5.76 Å². The Hall–Kier alpha value is -1.55. The van der Waals surface area contributed by atoms with Crippen LogP contribution in [0.15, 0.2) is 28.9 Å². The Kier molecular flexibility index (Phi) is 3.41. The number of amides is 1. The van der Waals surface area contributed by atoms with Crippen LogP contribution in [0.5, 0.6) is 0 Å². The predicted molar refractivity (Wildman–Crippen MR) is 61.5 cm³/mol. The fraction of sp³-hybridized carbons (Fsp3) is 0.417. The lowest BCUT2D eigenvalue weighted by atomic mass is 10.1. The smallest absolute Gasteiger partial charge is 0.246 e. The highest BCUT2D eigenvalue weighted by atomic mass is 16.3. The van der Waals surface area contributed by atoms with Crippen molar-refractivity contribution in [2.24, 2.45) is 11.7 Å². The summed E-state index contributed by atoms with van der Waals surface area (Å²) >= 11 is 0. The number of hydrogen-bond acceptors (Lipinski definition) is 3. The van der Waals surface area contributed by atoms with Crippen LogP contribution in [0.1, 0.15) is 12.2 Å². The van der Waals surface area contributed by atoms with Gasteiger partial charge in [0.2, 0.25) is 5.91 Å². The fourth-order valence-corrected chi connectivity index (χ4v) is 1.87. The van der Waals surface area contributed by atoms with Crippen LogP contribution in [0.25, 0.3) is 6.08 Å². The topological polar surface area (TPSA) is 59.5 Å². The maximum atomic E-state index is 11.8.